The largest absolute Gasteiger partial charge is 0.472 e. The van der Waals surface area contributed by atoms with Gasteiger partial charge in [0, 0.05) is 30.8 Å². The second-order valence-electron chi connectivity index (χ2n) is 8.25. The van der Waals surface area contributed by atoms with Crippen LogP contribution in [0.5, 0.6) is 0 Å². The van der Waals surface area contributed by atoms with Crippen molar-refractivity contribution < 1.29 is 4.42 Å². The Kier molecular flexibility index (Phi) is 5.72. The van der Waals surface area contributed by atoms with Gasteiger partial charge >= 0.3 is 0 Å². The average Bonchev–Trinajstić information content (AvgIpc) is 3.57. The Hall–Kier alpha value is -3.46. The van der Waals surface area contributed by atoms with E-state index < -0.39 is 0 Å². The highest BCUT2D eigenvalue weighted by molar-refractivity contribution is 5.85. The van der Waals surface area contributed by atoms with Crippen molar-refractivity contribution in [1.29, 1.82) is 0 Å². The van der Waals surface area contributed by atoms with Crippen LogP contribution in [0.1, 0.15) is 49.5 Å². The first-order chi connectivity index (χ1) is 15.7. The van der Waals surface area contributed by atoms with Gasteiger partial charge in [-0.15, -0.1) is 0 Å². The van der Waals surface area contributed by atoms with E-state index in [1.807, 2.05) is 24.4 Å². The second kappa shape index (κ2) is 8.96. The molecule has 9 heteroatoms. The van der Waals surface area contributed by atoms with Crippen molar-refractivity contribution in [2.45, 2.75) is 51.1 Å². The summed E-state index contributed by atoms with van der Waals surface area (Å²) in [6, 6.07) is 6.32. The Morgan fingerprint density at radius 1 is 1.12 bits per heavy atom. The first-order valence-corrected chi connectivity index (χ1v) is 11.2. The minimum atomic E-state index is 0.248. The number of nitrogen functional groups attached to an aromatic ring is 1. The lowest BCUT2D eigenvalue weighted by molar-refractivity contribution is 0.504. The van der Waals surface area contributed by atoms with Crippen LogP contribution in [-0.4, -0.2) is 31.0 Å². The number of hydrogen-bond acceptors (Lipinski definition) is 8. The van der Waals surface area contributed by atoms with E-state index >= 15 is 0 Å². The standard InChI is InChI=1S/C23H28N8O/c24-10-3-6-19-28-20-21(29-23(25)30-22(20)31(19)17-4-1-2-5-17)27-13-15-7-8-18(26-12-15)16-9-11-32-14-16/h7-9,11-12,14,17H,1-6,10,13,24H2,(H3,25,27,29,30). The molecule has 0 bridgehead atoms. The molecule has 0 spiro atoms. The molecule has 0 saturated heterocycles. The van der Waals surface area contributed by atoms with Gasteiger partial charge in [-0.3, -0.25) is 4.98 Å². The van der Waals surface area contributed by atoms with Crippen molar-refractivity contribution in [1.82, 2.24) is 24.5 Å². The SMILES string of the molecule is NCCCc1nc2c(NCc3ccc(-c4ccoc4)nc3)nc(N)nc2n1C1CCCC1. The maximum atomic E-state index is 6.10. The molecular weight excluding hydrogens is 404 g/mol. The van der Waals surface area contributed by atoms with E-state index in [9.17, 15) is 0 Å². The Bertz CT molecular complexity index is 1180. The highest BCUT2D eigenvalue weighted by Crippen LogP contribution is 2.35. The Morgan fingerprint density at radius 2 is 2.00 bits per heavy atom. The van der Waals surface area contributed by atoms with Crippen molar-refractivity contribution in [2.24, 2.45) is 5.73 Å². The summed E-state index contributed by atoms with van der Waals surface area (Å²) in [5, 5.41) is 3.40. The monoisotopic (exact) mass is 432 g/mol. The number of aryl methyl sites for hydroxylation is 1. The van der Waals surface area contributed by atoms with Gasteiger partial charge in [-0.05, 0) is 43.5 Å². The van der Waals surface area contributed by atoms with Crippen LogP contribution < -0.4 is 16.8 Å². The molecule has 1 saturated carbocycles. The molecule has 5 N–H and O–H groups in total. The summed E-state index contributed by atoms with van der Waals surface area (Å²) < 4.78 is 7.42. The number of nitrogens with one attached hydrogen (secondary N) is 1. The van der Waals surface area contributed by atoms with Crippen molar-refractivity contribution in [3.8, 4) is 11.3 Å². The number of pyridine rings is 1. The summed E-state index contributed by atoms with van der Waals surface area (Å²) in [7, 11) is 0. The van der Waals surface area contributed by atoms with E-state index in [-0.39, 0.29) is 5.95 Å². The lowest BCUT2D eigenvalue weighted by Gasteiger charge is -2.16. The van der Waals surface area contributed by atoms with Crippen molar-refractivity contribution in [2.75, 3.05) is 17.6 Å². The van der Waals surface area contributed by atoms with Gasteiger partial charge in [-0.2, -0.15) is 9.97 Å². The van der Waals surface area contributed by atoms with E-state index in [1.54, 1.807) is 12.5 Å². The van der Waals surface area contributed by atoms with Crippen LogP contribution in [0.15, 0.2) is 41.3 Å². The molecule has 0 amide bonds. The van der Waals surface area contributed by atoms with Crippen molar-refractivity contribution in [3.63, 3.8) is 0 Å². The van der Waals surface area contributed by atoms with Crippen LogP contribution in [0.3, 0.4) is 0 Å². The van der Waals surface area contributed by atoms with E-state index in [1.165, 1.54) is 12.8 Å². The maximum absolute atomic E-state index is 6.10. The fourth-order valence-corrected chi connectivity index (χ4v) is 4.44. The van der Waals surface area contributed by atoms with E-state index in [4.69, 9.17) is 20.9 Å². The highest BCUT2D eigenvalue weighted by Gasteiger charge is 2.25. The van der Waals surface area contributed by atoms with E-state index in [0.29, 0.717) is 24.9 Å². The summed E-state index contributed by atoms with van der Waals surface area (Å²) in [5.74, 6) is 1.92. The molecule has 0 radical (unpaired) electrons. The predicted octanol–water partition coefficient (Wildman–Crippen LogP) is 3.68. The third-order valence-corrected chi connectivity index (χ3v) is 6.03. The summed E-state index contributed by atoms with van der Waals surface area (Å²) in [4.78, 5) is 18.5. The Labute approximate surface area is 186 Å². The summed E-state index contributed by atoms with van der Waals surface area (Å²) >= 11 is 0. The van der Waals surface area contributed by atoms with Gasteiger partial charge in [0.1, 0.15) is 5.82 Å². The molecule has 1 aliphatic carbocycles. The smallest absolute Gasteiger partial charge is 0.224 e. The quantitative estimate of drug-likeness (QED) is 0.384. The van der Waals surface area contributed by atoms with Crippen LogP contribution in [-0.2, 0) is 13.0 Å². The Morgan fingerprint density at radius 3 is 2.72 bits per heavy atom. The molecule has 5 rings (SSSR count). The van der Waals surface area contributed by atoms with Gasteiger partial charge in [0.2, 0.25) is 5.95 Å². The van der Waals surface area contributed by atoms with Gasteiger partial charge in [-0.25, -0.2) is 4.98 Å². The summed E-state index contributed by atoms with van der Waals surface area (Å²) in [6.45, 7) is 1.19. The zero-order valence-electron chi connectivity index (χ0n) is 18.0. The normalized spacial score (nSPS) is 14.4. The fraction of sp³-hybridized carbons (Fsp3) is 0.391. The van der Waals surface area contributed by atoms with Gasteiger partial charge in [0.05, 0.1) is 18.2 Å². The van der Waals surface area contributed by atoms with Crippen molar-refractivity contribution >= 4 is 22.9 Å². The first-order valence-electron chi connectivity index (χ1n) is 11.2. The van der Waals surface area contributed by atoms with Crippen molar-refractivity contribution in [3.05, 3.63) is 48.3 Å². The number of hydrogen-bond donors (Lipinski definition) is 3. The molecule has 0 unspecified atom stereocenters. The number of nitrogens with two attached hydrogens (primary N) is 2. The third kappa shape index (κ3) is 4.03. The number of imidazole rings is 1. The predicted molar refractivity (Wildman–Crippen MR) is 124 cm³/mol. The van der Waals surface area contributed by atoms with Gasteiger partial charge < -0.3 is 25.8 Å². The van der Waals surface area contributed by atoms with Gasteiger partial charge in [0.25, 0.3) is 0 Å². The Balaban J connectivity index is 1.43. The minimum absolute atomic E-state index is 0.248. The fourth-order valence-electron chi connectivity index (χ4n) is 4.44. The number of anilines is 2. The molecule has 0 aromatic carbocycles. The van der Waals surface area contributed by atoms with Crippen LogP contribution in [0.25, 0.3) is 22.4 Å². The van der Waals surface area contributed by atoms with Crippen LogP contribution in [0, 0.1) is 0 Å². The lowest BCUT2D eigenvalue weighted by atomic mass is 10.2. The van der Waals surface area contributed by atoms with E-state index in [0.717, 1.165) is 59.5 Å². The number of fused-ring (bicyclic) bond motifs is 1. The molecule has 9 nitrogen and oxygen atoms in total. The molecular formula is C23H28N8O. The molecule has 4 aromatic rings. The molecule has 4 heterocycles. The minimum Gasteiger partial charge on any atom is -0.472 e. The topological polar surface area (TPSA) is 134 Å². The van der Waals surface area contributed by atoms with Gasteiger partial charge in [-0.1, -0.05) is 18.9 Å². The maximum Gasteiger partial charge on any atom is 0.224 e. The number of aromatic nitrogens is 5. The van der Waals surface area contributed by atoms with Crippen LogP contribution >= 0.6 is 0 Å². The molecule has 166 valence electrons. The average molecular weight is 433 g/mol. The number of nitrogens with zero attached hydrogens (tertiary/aromatic N) is 5. The number of furan rings is 1. The van der Waals surface area contributed by atoms with Crippen LogP contribution in [0.2, 0.25) is 0 Å². The van der Waals surface area contributed by atoms with Gasteiger partial charge in [0.15, 0.2) is 17.0 Å². The molecule has 1 fully saturated rings. The molecule has 1 aliphatic rings. The zero-order chi connectivity index (χ0) is 21.9. The van der Waals surface area contributed by atoms with E-state index in [2.05, 4.69) is 24.8 Å². The lowest BCUT2D eigenvalue weighted by Crippen LogP contribution is -2.12. The summed E-state index contributed by atoms with van der Waals surface area (Å²) in [5.41, 5.74) is 16.3. The second-order valence-corrected chi connectivity index (χ2v) is 8.25. The summed E-state index contributed by atoms with van der Waals surface area (Å²) in [6.07, 6.45) is 11.6. The number of rotatable bonds is 8. The molecule has 0 atom stereocenters. The highest BCUT2D eigenvalue weighted by atomic mass is 16.3. The first kappa shape index (κ1) is 20.4. The third-order valence-electron chi connectivity index (χ3n) is 6.03. The molecule has 4 aromatic heterocycles. The molecule has 32 heavy (non-hydrogen) atoms. The molecule has 0 aliphatic heterocycles. The van der Waals surface area contributed by atoms with Crippen LogP contribution in [0.4, 0.5) is 11.8 Å². The zero-order valence-corrected chi connectivity index (χ0v) is 18.0.